The fraction of sp³-hybridized carbons (Fsp3) is 1.00. The minimum absolute atomic E-state index is 0.410. The first-order chi connectivity index (χ1) is 5.47. The van der Waals surface area contributed by atoms with Crippen LogP contribution in [-0.4, -0.2) is 13.0 Å². The van der Waals surface area contributed by atoms with Gasteiger partial charge in [-0.1, -0.05) is 25.7 Å². The highest BCUT2D eigenvalue weighted by Gasteiger charge is 2.27. The largest absolute Gasteiger partial charge is 0.348 e. The Balaban J connectivity index is 1.80. The van der Waals surface area contributed by atoms with Gasteiger partial charge in [0.15, 0.2) is 0 Å². The Kier molecular flexibility index (Phi) is 2.44. The van der Waals surface area contributed by atoms with Crippen LogP contribution in [0.4, 0.5) is 0 Å². The van der Waals surface area contributed by atoms with E-state index >= 15 is 0 Å². The van der Waals surface area contributed by atoms with E-state index in [-0.39, 0.29) is 0 Å². The van der Waals surface area contributed by atoms with Crippen molar-refractivity contribution in [2.45, 2.75) is 44.8 Å². The summed E-state index contributed by atoms with van der Waals surface area (Å²) in [6.45, 7) is 0.779. The normalized spacial score (nSPS) is 34.4. The predicted molar refractivity (Wildman–Crippen MR) is 44.1 cm³/mol. The number of ether oxygens (including phenoxy) is 1. The van der Waals surface area contributed by atoms with Gasteiger partial charge < -0.3 is 4.74 Å². The van der Waals surface area contributed by atoms with Crippen molar-refractivity contribution in [2.24, 2.45) is 5.92 Å². The van der Waals surface area contributed by atoms with Crippen molar-refractivity contribution in [3.8, 4) is 0 Å². The molecule has 1 saturated carbocycles. The van der Waals surface area contributed by atoms with Gasteiger partial charge in [0, 0.05) is 0 Å². The van der Waals surface area contributed by atoms with E-state index < -0.39 is 0 Å². The second-order valence-electron chi connectivity index (χ2n) is 3.69. The fourth-order valence-electron chi connectivity index (χ4n) is 2.10. The maximum absolute atomic E-state index is 5.41. The third-order valence-electron chi connectivity index (χ3n) is 2.88. The van der Waals surface area contributed by atoms with E-state index in [1.807, 2.05) is 0 Å². The molecule has 1 saturated heterocycles. The monoisotopic (exact) mass is 155 g/mol. The topological polar surface area (TPSA) is 21.3 Å². The van der Waals surface area contributed by atoms with Crippen LogP contribution in [0.1, 0.15) is 38.5 Å². The first kappa shape index (κ1) is 7.56. The molecule has 1 aliphatic carbocycles. The highest BCUT2D eigenvalue weighted by atomic mass is 16.6. The Morgan fingerprint density at radius 3 is 2.09 bits per heavy atom. The zero-order valence-corrected chi connectivity index (χ0v) is 7.01. The molecule has 0 aromatic carbocycles. The van der Waals surface area contributed by atoms with Gasteiger partial charge in [-0.2, -0.15) is 0 Å². The lowest BCUT2D eigenvalue weighted by Gasteiger charge is -2.34. The van der Waals surface area contributed by atoms with Crippen molar-refractivity contribution in [3.63, 3.8) is 0 Å². The minimum atomic E-state index is 0.410. The summed E-state index contributed by atoms with van der Waals surface area (Å²) in [4.78, 5) is 0. The standard InChI is InChI=1S/C9H17NO/c1-2-4-6-8(5-3-1)9-10-7-11-9/h8-10H,1-7H2. The summed E-state index contributed by atoms with van der Waals surface area (Å²) in [5.74, 6) is 0.811. The zero-order chi connectivity index (χ0) is 7.52. The van der Waals surface area contributed by atoms with Gasteiger partial charge in [0.25, 0.3) is 0 Å². The van der Waals surface area contributed by atoms with Crippen LogP contribution in [0.15, 0.2) is 0 Å². The Hall–Kier alpha value is -0.0800. The average Bonchev–Trinajstić information content (AvgIpc) is 2.12. The lowest BCUT2D eigenvalue weighted by atomic mass is 9.98. The van der Waals surface area contributed by atoms with Crippen molar-refractivity contribution < 1.29 is 4.74 Å². The van der Waals surface area contributed by atoms with Gasteiger partial charge in [0.1, 0.15) is 13.0 Å². The van der Waals surface area contributed by atoms with Gasteiger partial charge in [-0.05, 0) is 18.8 Å². The molecule has 0 aromatic rings. The zero-order valence-electron chi connectivity index (χ0n) is 7.01. The van der Waals surface area contributed by atoms with Gasteiger partial charge in [0.05, 0.1) is 0 Å². The van der Waals surface area contributed by atoms with Crippen molar-refractivity contribution in [3.05, 3.63) is 0 Å². The van der Waals surface area contributed by atoms with Crippen LogP contribution >= 0.6 is 0 Å². The molecule has 2 aliphatic rings. The van der Waals surface area contributed by atoms with E-state index in [1.54, 1.807) is 0 Å². The highest BCUT2D eigenvalue weighted by Crippen LogP contribution is 2.27. The lowest BCUT2D eigenvalue weighted by molar-refractivity contribution is -0.123. The average molecular weight is 155 g/mol. The lowest BCUT2D eigenvalue weighted by Crippen LogP contribution is -2.50. The molecule has 0 amide bonds. The smallest absolute Gasteiger partial charge is 0.114 e. The quantitative estimate of drug-likeness (QED) is 0.583. The van der Waals surface area contributed by atoms with Crippen molar-refractivity contribution in [2.75, 3.05) is 6.73 Å². The van der Waals surface area contributed by atoms with Crippen molar-refractivity contribution in [1.82, 2.24) is 5.32 Å². The first-order valence-corrected chi connectivity index (χ1v) is 4.82. The van der Waals surface area contributed by atoms with E-state index in [4.69, 9.17) is 4.74 Å². The molecule has 64 valence electrons. The summed E-state index contributed by atoms with van der Waals surface area (Å²) < 4.78 is 5.41. The first-order valence-electron chi connectivity index (χ1n) is 4.82. The third kappa shape index (κ3) is 1.74. The van der Waals surface area contributed by atoms with E-state index in [2.05, 4.69) is 5.32 Å². The van der Waals surface area contributed by atoms with Crippen LogP contribution in [-0.2, 0) is 4.74 Å². The molecule has 1 unspecified atom stereocenters. The van der Waals surface area contributed by atoms with Crippen molar-refractivity contribution >= 4 is 0 Å². The summed E-state index contributed by atoms with van der Waals surface area (Å²) in [6, 6.07) is 0. The van der Waals surface area contributed by atoms with Gasteiger partial charge in [-0.25, -0.2) is 0 Å². The van der Waals surface area contributed by atoms with Gasteiger partial charge in [0.2, 0.25) is 0 Å². The summed E-state index contributed by atoms with van der Waals surface area (Å²) in [5, 5.41) is 3.32. The Bertz CT molecular complexity index is 115. The molecule has 0 aromatic heterocycles. The summed E-state index contributed by atoms with van der Waals surface area (Å²) in [6.07, 6.45) is 8.84. The SMILES string of the molecule is C1CCCC(C2NCO2)CC1. The van der Waals surface area contributed by atoms with Crippen LogP contribution < -0.4 is 5.32 Å². The second kappa shape index (κ2) is 3.55. The van der Waals surface area contributed by atoms with Crippen LogP contribution in [0.3, 0.4) is 0 Å². The van der Waals surface area contributed by atoms with E-state index in [0.29, 0.717) is 6.23 Å². The Morgan fingerprint density at radius 2 is 1.64 bits per heavy atom. The molecule has 1 aliphatic heterocycles. The molecule has 2 fully saturated rings. The molecule has 0 bridgehead atoms. The van der Waals surface area contributed by atoms with Crippen LogP contribution in [0.25, 0.3) is 0 Å². The molecule has 2 heteroatoms. The third-order valence-corrected chi connectivity index (χ3v) is 2.88. The van der Waals surface area contributed by atoms with Crippen LogP contribution in [0.2, 0.25) is 0 Å². The van der Waals surface area contributed by atoms with Gasteiger partial charge in [-0.15, -0.1) is 0 Å². The molecule has 1 N–H and O–H groups in total. The molecular weight excluding hydrogens is 138 g/mol. The van der Waals surface area contributed by atoms with Crippen LogP contribution in [0.5, 0.6) is 0 Å². The predicted octanol–water partition coefficient (Wildman–Crippen LogP) is 1.86. The maximum atomic E-state index is 5.41. The fourth-order valence-corrected chi connectivity index (χ4v) is 2.10. The molecular formula is C9H17NO. The van der Waals surface area contributed by atoms with Crippen molar-refractivity contribution in [1.29, 1.82) is 0 Å². The Morgan fingerprint density at radius 1 is 1.00 bits per heavy atom. The van der Waals surface area contributed by atoms with Crippen LogP contribution in [0, 0.1) is 5.92 Å². The highest BCUT2D eigenvalue weighted by molar-refractivity contribution is 4.74. The number of nitrogens with one attached hydrogen (secondary N) is 1. The van der Waals surface area contributed by atoms with E-state index in [9.17, 15) is 0 Å². The van der Waals surface area contributed by atoms with Gasteiger partial charge >= 0.3 is 0 Å². The summed E-state index contributed by atoms with van der Waals surface area (Å²) in [7, 11) is 0. The molecule has 11 heavy (non-hydrogen) atoms. The maximum Gasteiger partial charge on any atom is 0.114 e. The minimum Gasteiger partial charge on any atom is -0.348 e. The molecule has 0 radical (unpaired) electrons. The molecule has 2 rings (SSSR count). The van der Waals surface area contributed by atoms with E-state index in [1.165, 1.54) is 38.5 Å². The number of rotatable bonds is 1. The number of hydrogen-bond donors (Lipinski definition) is 1. The summed E-state index contributed by atoms with van der Waals surface area (Å²) >= 11 is 0. The Labute approximate surface area is 68.3 Å². The molecule has 1 atom stereocenters. The summed E-state index contributed by atoms with van der Waals surface area (Å²) in [5.41, 5.74) is 0. The molecule has 1 heterocycles. The van der Waals surface area contributed by atoms with Gasteiger partial charge in [-0.3, -0.25) is 5.32 Å². The molecule has 0 spiro atoms. The second-order valence-corrected chi connectivity index (χ2v) is 3.69. The molecule has 2 nitrogen and oxygen atoms in total. The number of hydrogen-bond acceptors (Lipinski definition) is 2. The van der Waals surface area contributed by atoms with E-state index in [0.717, 1.165) is 12.6 Å².